The van der Waals surface area contributed by atoms with E-state index in [2.05, 4.69) is 25.0 Å². The highest BCUT2D eigenvalue weighted by Crippen LogP contribution is 2.35. The molecular weight excluding hydrogens is 358 g/mol. The Labute approximate surface area is 167 Å². The highest BCUT2D eigenvalue weighted by Gasteiger charge is 2.30. The van der Waals surface area contributed by atoms with E-state index >= 15 is 0 Å². The van der Waals surface area contributed by atoms with Gasteiger partial charge in [0.05, 0.1) is 41.3 Å². The lowest BCUT2D eigenvalue weighted by Crippen LogP contribution is -2.33. The molecule has 2 aliphatic rings. The van der Waals surface area contributed by atoms with Crippen LogP contribution in [0.1, 0.15) is 45.1 Å². The van der Waals surface area contributed by atoms with Gasteiger partial charge in [-0.2, -0.15) is 10.1 Å². The van der Waals surface area contributed by atoms with E-state index < -0.39 is 7.04 Å². The van der Waals surface area contributed by atoms with Crippen molar-refractivity contribution in [1.29, 1.82) is 0 Å². The summed E-state index contributed by atoms with van der Waals surface area (Å²) >= 11 is 0. The lowest BCUT2D eigenvalue weighted by atomic mass is 10.0. The van der Waals surface area contributed by atoms with Crippen LogP contribution in [0.4, 0.5) is 5.82 Å². The molecule has 9 nitrogen and oxygen atoms in total. The Morgan fingerprint density at radius 2 is 2.21 bits per heavy atom. The van der Waals surface area contributed by atoms with Crippen LogP contribution in [0.5, 0.6) is 5.88 Å². The SMILES string of the molecule is [2H]C([2H])([2H])Oc1nc(C)nc2c1CN(c1ncnn3c(C)nc([C@@H]4CCOC4)c13)CC2. The molecule has 0 amide bonds. The molecule has 0 bridgehead atoms. The maximum Gasteiger partial charge on any atom is 0.221 e. The van der Waals surface area contributed by atoms with Crippen molar-refractivity contribution in [2.75, 3.05) is 31.7 Å². The summed E-state index contributed by atoms with van der Waals surface area (Å²) in [6.07, 6.45) is 3.06. The molecule has 0 aromatic carbocycles. The van der Waals surface area contributed by atoms with Gasteiger partial charge >= 0.3 is 0 Å². The first-order valence-electron chi connectivity index (χ1n) is 10.9. The maximum absolute atomic E-state index is 7.50. The number of fused-ring (bicyclic) bond motifs is 2. The first-order chi connectivity index (χ1) is 14.8. The van der Waals surface area contributed by atoms with Gasteiger partial charge in [0.25, 0.3) is 0 Å². The Balaban J connectivity index is 1.58. The van der Waals surface area contributed by atoms with Gasteiger partial charge in [-0.1, -0.05) is 0 Å². The molecule has 9 heteroatoms. The fourth-order valence-corrected chi connectivity index (χ4v) is 4.12. The van der Waals surface area contributed by atoms with Gasteiger partial charge in [0.2, 0.25) is 5.88 Å². The van der Waals surface area contributed by atoms with E-state index in [1.54, 1.807) is 6.92 Å². The second kappa shape index (κ2) is 6.66. The summed E-state index contributed by atoms with van der Waals surface area (Å²) < 4.78 is 35.1. The van der Waals surface area contributed by atoms with Crippen LogP contribution in [0.2, 0.25) is 0 Å². The molecule has 1 saturated heterocycles. The van der Waals surface area contributed by atoms with E-state index in [1.807, 2.05) is 11.4 Å². The van der Waals surface area contributed by atoms with Crippen molar-refractivity contribution < 1.29 is 13.6 Å². The minimum absolute atomic E-state index is 0.103. The summed E-state index contributed by atoms with van der Waals surface area (Å²) in [6, 6.07) is 0. The molecular formula is C19H23N7O2. The van der Waals surface area contributed by atoms with Crippen LogP contribution in [0.3, 0.4) is 0 Å². The second-order valence-corrected chi connectivity index (χ2v) is 7.22. The lowest BCUT2D eigenvalue weighted by molar-refractivity contribution is 0.193. The summed E-state index contributed by atoms with van der Waals surface area (Å²) in [5, 5.41) is 4.40. The van der Waals surface area contributed by atoms with Crippen molar-refractivity contribution in [3.8, 4) is 5.88 Å². The highest BCUT2D eigenvalue weighted by molar-refractivity contribution is 5.73. The summed E-state index contributed by atoms with van der Waals surface area (Å²) in [7, 11) is -2.59. The number of imidazole rings is 1. The van der Waals surface area contributed by atoms with Gasteiger partial charge in [0.15, 0.2) is 5.82 Å². The van der Waals surface area contributed by atoms with Gasteiger partial charge in [-0.05, 0) is 20.3 Å². The summed E-state index contributed by atoms with van der Waals surface area (Å²) in [5.41, 5.74) is 3.29. The standard InChI is InChI=1S/C19H23N7O2/c1-11-22-15-4-6-25(8-14(15)19(23-11)27-3)18-17-16(13-5-7-28-9-13)24-12(2)26(17)21-10-20-18/h10,13H,4-9H2,1-3H3/t13-/m1/s1/i3D3. The van der Waals surface area contributed by atoms with E-state index in [1.165, 1.54) is 6.33 Å². The van der Waals surface area contributed by atoms with Crippen LogP contribution in [-0.4, -0.2) is 56.3 Å². The molecule has 0 spiro atoms. The molecule has 3 aromatic rings. The van der Waals surface area contributed by atoms with Crippen molar-refractivity contribution in [1.82, 2.24) is 29.5 Å². The van der Waals surface area contributed by atoms with Crippen molar-refractivity contribution >= 4 is 11.3 Å². The van der Waals surface area contributed by atoms with Gasteiger partial charge in [-0.15, -0.1) is 0 Å². The zero-order chi connectivity index (χ0) is 21.8. The molecule has 5 heterocycles. The minimum atomic E-state index is -2.59. The molecule has 28 heavy (non-hydrogen) atoms. The molecule has 146 valence electrons. The van der Waals surface area contributed by atoms with Gasteiger partial charge < -0.3 is 14.4 Å². The number of ether oxygens (including phenoxy) is 2. The van der Waals surface area contributed by atoms with E-state index in [0.717, 1.165) is 41.6 Å². The maximum atomic E-state index is 7.50. The zero-order valence-electron chi connectivity index (χ0n) is 18.8. The van der Waals surface area contributed by atoms with Gasteiger partial charge in [0, 0.05) is 25.5 Å². The molecule has 0 saturated carbocycles. The van der Waals surface area contributed by atoms with E-state index in [4.69, 9.17) is 18.6 Å². The molecule has 0 unspecified atom stereocenters. The Hall–Kier alpha value is -2.81. The van der Waals surface area contributed by atoms with E-state index in [0.29, 0.717) is 37.5 Å². The number of aryl methyl sites for hydroxylation is 2. The molecule has 0 aliphatic carbocycles. The normalized spacial score (nSPS) is 21.3. The van der Waals surface area contributed by atoms with Crippen LogP contribution >= 0.6 is 0 Å². The summed E-state index contributed by atoms with van der Waals surface area (Å²) in [5.74, 6) is 2.34. The van der Waals surface area contributed by atoms with Crippen LogP contribution in [-0.2, 0) is 17.7 Å². The predicted molar refractivity (Wildman–Crippen MR) is 102 cm³/mol. The molecule has 0 radical (unpaired) electrons. The Morgan fingerprint density at radius 3 is 3.04 bits per heavy atom. The number of nitrogens with zero attached hydrogens (tertiary/aromatic N) is 7. The second-order valence-electron chi connectivity index (χ2n) is 7.22. The average Bonchev–Trinajstić information content (AvgIpc) is 3.35. The Morgan fingerprint density at radius 1 is 1.29 bits per heavy atom. The smallest absolute Gasteiger partial charge is 0.221 e. The van der Waals surface area contributed by atoms with E-state index in [9.17, 15) is 0 Å². The Kier molecular flexibility index (Phi) is 3.38. The number of aromatic nitrogens is 6. The third-order valence-corrected chi connectivity index (χ3v) is 5.45. The molecule has 5 rings (SSSR count). The molecule has 3 aromatic heterocycles. The van der Waals surface area contributed by atoms with Crippen molar-refractivity contribution in [3.63, 3.8) is 0 Å². The number of methoxy groups -OCH3 is 1. The van der Waals surface area contributed by atoms with Crippen LogP contribution < -0.4 is 9.64 Å². The topological polar surface area (TPSA) is 90.6 Å². The third kappa shape index (κ3) is 2.69. The van der Waals surface area contributed by atoms with Crippen molar-refractivity contribution in [2.24, 2.45) is 0 Å². The van der Waals surface area contributed by atoms with Crippen LogP contribution in [0.25, 0.3) is 5.52 Å². The molecule has 2 aliphatic heterocycles. The van der Waals surface area contributed by atoms with Gasteiger partial charge in [0.1, 0.15) is 23.5 Å². The molecule has 1 fully saturated rings. The fraction of sp³-hybridized carbons (Fsp3) is 0.526. The first-order valence-corrected chi connectivity index (χ1v) is 9.38. The summed E-state index contributed by atoms with van der Waals surface area (Å²) in [6.45, 7) is 6.07. The lowest BCUT2D eigenvalue weighted by Gasteiger charge is -2.30. The quantitative estimate of drug-likeness (QED) is 0.673. The molecule has 0 N–H and O–H groups in total. The summed E-state index contributed by atoms with van der Waals surface area (Å²) in [4.78, 5) is 20.2. The first kappa shape index (κ1) is 14.2. The predicted octanol–water partition coefficient (Wildman–Crippen LogP) is 1.61. The number of hydrogen-bond acceptors (Lipinski definition) is 8. The number of rotatable bonds is 3. The number of hydrogen-bond donors (Lipinski definition) is 0. The van der Waals surface area contributed by atoms with Crippen LogP contribution in [0.15, 0.2) is 6.33 Å². The molecule has 1 atom stereocenters. The van der Waals surface area contributed by atoms with Gasteiger partial charge in [-0.3, -0.25) is 0 Å². The number of anilines is 1. The fourth-order valence-electron chi connectivity index (χ4n) is 4.12. The highest BCUT2D eigenvalue weighted by atomic mass is 16.5. The van der Waals surface area contributed by atoms with Crippen molar-refractivity contribution in [2.45, 2.75) is 39.2 Å². The van der Waals surface area contributed by atoms with Crippen molar-refractivity contribution in [3.05, 3.63) is 34.9 Å². The minimum Gasteiger partial charge on any atom is -0.481 e. The van der Waals surface area contributed by atoms with Gasteiger partial charge in [-0.25, -0.2) is 19.5 Å². The average molecular weight is 384 g/mol. The third-order valence-electron chi connectivity index (χ3n) is 5.45. The van der Waals surface area contributed by atoms with E-state index in [-0.39, 0.29) is 11.8 Å². The monoisotopic (exact) mass is 384 g/mol. The Bertz CT molecular complexity index is 1140. The largest absolute Gasteiger partial charge is 0.481 e. The zero-order valence-corrected chi connectivity index (χ0v) is 15.8. The van der Waals surface area contributed by atoms with Crippen LogP contribution in [0, 0.1) is 13.8 Å².